The SMILES string of the molecule is CC(CC(=O)N1CCCCCC1)NC(CCO)C1CCCCC1. The highest BCUT2D eigenvalue weighted by Gasteiger charge is 2.26. The maximum absolute atomic E-state index is 12.5. The number of carbonyl (C=O) groups excluding carboxylic acids is 1. The van der Waals surface area contributed by atoms with Gasteiger partial charge in [0.2, 0.25) is 5.91 Å². The summed E-state index contributed by atoms with van der Waals surface area (Å²) in [5, 5.41) is 13.0. The lowest BCUT2D eigenvalue weighted by atomic mass is 9.82. The summed E-state index contributed by atoms with van der Waals surface area (Å²) in [7, 11) is 0. The number of rotatable bonds is 7. The zero-order chi connectivity index (χ0) is 16.5. The van der Waals surface area contributed by atoms with Crippen molar-refractivity contribution in [2.24, 2.45) is 5.92 Å². The third kappa shape index (κ3) is 6.42. The van der Waals surface area contributed by atoms with E-state index >= 15 is 0 Å². The Labute approximate surface area is 142 Å². The van der Waals surface area contributed by atoms with Gasteiger partial charge in [0, 0.05) is 38.2 Å². The standard InChI is InChI=1S/C19H36N2O2/c1-16(15-19(23)21-12-7-2-3-8-13-21)20-18(11-14-22)17-9-5-4-6-10-17/h16-18,20,22H,2-15H2,1H3. The van der Waals surface area contributed by atoms with E-state index in [2.05, 4.69) is 17.1 Å². The molecule has 2 unspecified atom stereocenters. The Kier molecular flexibility index (Phi) is 8.38. The van der Waals surface area contributed by atoms with E-state index in [1.807, 2.05) is 0 Å². The first-order valence-electron chi connectivity index (χ1n) is 9.85. The van der Waals surface area contributed by atoms with Gasteiger partial charge in [0.15, 0.2) is 0 Å². The summed E-state index contributed by atoms with van der Waals surface area (Å²) in [5.41, 5.74) is 0. The van der Waals surface area contributed by atoms with Gasteiger partial charge in [-0.3, -0.25) is 4.79 Å². The van der Waals surface area contributed by atoms with E-state index < -0.39 is 0 Å². The largest absolute Gasteiger partial charge is 0.396 e. The van der Waals surface area contributed by atoms with Crippen LogP contribution in [-0.2, 0) is 4.79 Å². The van der Waals surface area contributed by atoms with Crippen LogP contribution in [0.25, 0.3) is 0 Å². The van der Waals surface area contributed by atoms with Crippen molar-refractivity contribution in [3.05, 3.63) is 0 Å². The lowest BCUT2D eigenvalue weighted by molar-refractivity contribution is -0.131. The van der Waals surface area contributed by atoms with Gasteiger partial charge in [0.25, 0.3) is 0 Å². The average Bonchev–Trinajstić information content (AvgIpc) is 2.84. The van der Waals surface area contributed by atoms with E-state index in [0.29, 0.717) is 24.3 Å². The van der Waals surface area contributed by atoms with E-state index in [1.54, 1.807) is 0 Å². The summed E-state index contributed by atoms with van der Waals surface area (Å²) >= 11 is 0. The quantitative estimate of drug-likeness (QED) is 0.756. The van der Waals surface area contributed by atoms with Gasteiger partial charge < -0.3 is 15.3 Å². The molecule has 2 aliphatic rings. The predicted molar refractivity (Wildman–Crippen MR) is 94.3 cm³/mol. The third-order valence-corrected chi connectivity index (χ3v) is 5.60. The van der Waals surface area contributed by atoms with Gasteiger partial charge in [0.1, 0.15) is 0 Å². The first-order valence-corrected chi connectivity index (χ1v) is 9.85. The number of carbonyl (C=O) groups is 1. The van der Waals surface area contributed by atoms with E-state index in [4.69, 9.17) is 0 Å². The van der Waals surface area contributed by atoms with E-state index in [0.717, 1.165) is 32.4 Å². The van der Waals surface area contributed by atoms with Gasteiger partial charge in [-0.2, -0.15) is 0 Å². The van der Waals surface area contributed by atoms with Crippen LogP contribution in [0.2, 0.25) is 0 Å². The minimum absolute atomic E-state index is 0.198. The van der Waals surface area contributed by atoms with Crippen molar-refractivity contribution >= 4 is 5.91 Å². The van der Waals surface area contributed by atoms with E-state index in [-0.39, 0.29) is 12.6 Å². The lowest BCUT2D eigenvalue weighted by Crippen LogP contribution is -2.45. The normalized spacial score (nSPS) is 23.3. The van der Waals surface area contributed by atoms with Gasteiger partial charge in [-0.15, -0.1) is 0 Å². The Morgan fingerprint density at radius 1 is 1.09 bits per heavy atom. The molecule has 134 valence electrons. The van der Waals surface area contributed by atoms with E-state index in [1.165, 1.54) is 44.9 Å². The van der Waals surface area contributed by atoms with Crippen LogP contribution in [0.5, 0.6) is 0 Å². The molecule has 1 saturated heterocycles. The second-order valence-electron chi connectivity index (χ2n) is 7.58. The van der Waals surface area contributed by atoms with Crippen LogP contribution in [-0.4, -0.2) is 47.7 Å². The van der Waals surface area contributed by atoms with Crippen LogP contribution in [0.4, 0.5) is 0 Å². The lowest BCUT2D eigenvalue weighted by Gasteiger charge is -2.33. The highest BCUT2D eigenvalue weighted by atomic mass is 16.3. The smallest absolute Gasteiger partial charge is 0.224 e. The van der Waals surface area contributed by atoms with Crippen LogP contribution in [0.15, 0.2) is 0 Å². The maximum atomic E-state index is 12.5. The molecule has 2 N–H and O–H groups in total. The van der Waals surface area contributed by atoms with Crippen molar-refractivity contribution in [3.8, 4) is 0 Å². The summed E-state index contributed by atoms with van der Waals surface area (Å²) in [6.07, 6.45) is 12.8. The number of likely N-dealkylation sites (tertiary alicyclic amines) is 1. The highest BCUT2D eigenvalue weighted by molar-refractivity contribution is 5.76. The molecule has 4 nitrogen and oxygen atoms in total. The Balaban J connectivity index is 1.80. The molecule has 0 aromatic carbocycles. The van der Waals surface area contributed by atoms with Gasteiger partial charge in [-0.25, -0.2) is 0 Å². The molecule has 1 amide bonds. The summed E-state index contributed by atoms with van der Waals surface area (Å²) in [4.78, 5) is 14.6. The van der Waals surface area contributed by atoms with Gasteiger partial charge in [-0.1, -0.05) is 32.1 Å². The molecule has 0 radical (unpaired) electrons. The Morgan fingerprint density at radius 2 is 1.70 bits per heavy atom. The summed E-state index contributed by atoms with van der Waals surface area (Å²) in [6, 6.07) is 0.566. The van der Waals surface area contributed by atoms with Crippen molar-refractivity contribution < 1.29 is 9.90 Å². The Morgan fingerprint density at radius 3 is 2.30 bits per heavy atom. The molecule has 1 saturated carbocycles. The van der Waals surface area contributed by atoms with Gasteiger partial charge >= 0.3 is 0 Å². The summed E-state index contributed by atoms with van der Waals surface area (Å²) < 4.78 is 0. The first-order chi connectivity index (χ1) is 11.2. The molecule has 1 heterocycles. The van der Waals surface area contributed by atoms with Crippen molar-refractivity contribution in [3.63, 3.8) is 0 Å². The first kappa shape index (κ1) is 18.7. The molecule has 2 atom stereocenters. The minimum atomic E-state index is 0.198. The molecular formula is C19H36N2O2. The third-order valence-electron chi connectivity index (χ3n) is 5.60. The summed E-state index contributed by atoms with van der Waals surface area (Å²) in [6.45, 7) is 4.24. The second kappa shape index (κ2) is 10.3. The molecule has 1 aliphatic carbocycles. The fourth-order valence-electron chi connectivity index (χ4n) is 4.27. The van der Waals surface area contributed by atoms with Crippen molar-refractivity contribution in [1.82, 2.24) is 10.2 Å². The Bertz CT molecular complexity index is 334. The number of hydrogen-bond acceptors (Lipinski definition) is 3. The van der Waals surface area contributed by atoms with Crippen LogP contribution >= 0.6 is 0 Å². The van der Waals surface area contributed by atoms with Crippen LogP contribution in [0.3, 0.4) is 0 Å². The van der Waals surface area contributed by atoms with Crippen LogP contribution in [0.1, 0.15) is 77.6 Å². The Hall–Kier alpha value is -0.610. The molecule has 0 bridgehead atoms. The van der Waals surface area contributed by atoms with Gasteiger partial charge in [0.05, 0.1) is 0 Å². The molecule has 23 heavy (non-hydrogen) atoms. The average molecular weight is 325 g/mol. The predicted octanol–water partition coefficient (Wildman–Crippen LogP) is 3.09. The monoisotopic (exact) mass is 324 g/mol. The molecule has 1 aliphatic heterocycles. The van der Waals surface area contributed by atoms with Crippen LogP contribution < -0.4 is 5.32 Å². The number of nitrogens with zero attached hydrogens (tertiary/aromatic N) is 1. The highest BCUT2D eigenvalue weighted by Crippen LogP contribution is 2.28. The van der Waals surface area contributed by atoms with Crippen LogP contribution in [0, 0.1) is 5.92 Å². The molecule has 0 spiro atoms. The zero-order valence-electron chi connectivity index (χ0n) is 14.9. The van der Waals surface area contributed by atoms with Crippen molar-refractivity contribution in [1.29, 1.82) is 0 Å². The molecule has 4 heteroatoms. The number of aliphatic hydroxyl groups is 1. The summed E-state index contributed by atoms with van der Waals surface area (Å²) in [5.74, 6) is 0.977. The molecular weight excluding hydrogens is 288 g/mol. The second-order valence-corrected chi connectivity index (χ2v) is 7.58. The number of hydrogen-bond donors (Lipinski definition) is 2. The maximum Gasteiger partial charge on any atom is 0.224 e. The van der Waals surface area contributed by atoms with E-state index in [9.17, 15) is 9.90 Å². The molecule has 2 fully saturated rings. The number of aliphatic hydroxyl groups excluding tert-OH is 1. The number of nitrogens with one attached hydrogen (secondary N) is 1. The number of amides is 1. The molecule has 2 rings (SSSR count). The zero-order valence-corrected chi connectivity index (χ0v) is 14.9. The van der Waals surface area contributed by atoms with Crippen molar-refractivity contribution in [2.75, 3.05) is 19.7 Å². The topological polar surface area (TPSA) is 52.6 Å². The van der Waals surface area contributed by atoms with Gasteiger partial charge in [-0.05, 0) is 44.9 Å². The van der Waals surface area contributed by atoms with Crippen molar-refractivity contribution in [2.45, 2.75) is 89.6 Å². The molecule has 0 aromatic heterocycles. The fourth-order valence-corrected chi connectivity index (χ4v) is 4.27. The fraction of sp³-hybridized carbons (Fsp3) is 0.947. The molecule has 0 aromatic rings. The minimum Gasteiger partial charge on any atom is -0.396 e.